The van der Waals surface area contributed by atoms with Crippen LogP contribution >= 0.6 is 0 Å². The van der Waals surface area contributed by atoms with Crippen LogP contribution in [-0.2, 0) is 9.59 Å². The number of fused-ring (bicyclic) bond motifs is 5. The second-order valence-corrected chi connectivity index (χ2v) is 9.37. The molecule has 2 aromatic rings. The number of ketones is 1. The minimum Gasteiger partial charge on any atom is -0.352 e. The van der Waals surface area contributed by atoms with Gasteiger partial charge in [-0.2, -0.15) is 0 Å². The molecule has 0 radical (unpaired) electrons. The lowest BCUT2D eigenvalue weighted by atomic mass is 9.86. The van der Waals surface area contributed by atoms with Gasteiger partial charge >= 0.3 is 0 Å². The van der Waals surface area contributed by atoms with Crippen LogP contribution in [-0.4, -0.2) is 40.1 Å². The fourth-order valence-corrected chi connectivity index (χ4v) is 5.26. The number of Topliss-reactive ketones (excluding diaryl/α,β-unsaturated/α-hetero) is 1. The van der Waals surface area contributed by atoms with Gasteiger partial charge in [0.1, 0.15) is 11.9 Å². The summed E-state index contributed by atoms with van der Waals surface area (Å²) >= 11 is 0. The van der Waals surface area contributed by atoms with E-state index < -0.39 is 35.3 Å². The first kappa shape index (κ1) is 19.7. The molecule has 3 aliphatic heterocycles. The van der Waals surface area contributed by atoms with E-state index in [1.54, 1.807) is 0 Å². The zero-order valence-electron chi connectivity index (χ0n) is 17.6. The highest BCUT2D eigenvalue weighted by molar-refractivity contribution is 6.14. The van der Waals surface area contributed by atoms with Crippen molar-refractivity contribution < 1.29 is 18.8 Å². The number of halogens is 1. The topological polar surface area (TPSA) is 57.7 Å². The quantitative estimate of drug-likeness (QED) is 0.551. The zero-order chi connectivity index (χ0) is 22.1. The molecular weight excluding hydrogens is 395 g/mol. The third-order valence-corrected chi connectivity index (χ3v) is 6.48. The highest BCUT2D eigenvalue weighted by Gasteiger charge is 2.65. The highest BCUT2D eigenvalue weighted by atomic mass is 19.1. The minimum atomic E-state index is -0.838. The average Bonchev–Trinajstić information content (AvgIpc) is 3.21. The Hall–Kier alpha value is -3.28. The number of imide groups is 1. The molecule has 6 heteroatoms. The summed E-state index contributed by atoms with van der Waals surface area (Å²) in [6, 6.07) is 11.8. The summed E-state index contributed by atoms with van der Waals surface area (Å²) in [6.45, 7) is 5.47. The summed E-state index contributed by atoms with van der Waals surface area (Å²) in [4.78, 5) is 43.9. The number of hydrogen-bond donors (Lipinski definition) is 0. The van der Waals surface area contributed by atoms with Crippen LogP contribution in [0.1, 0.15) is 36.7 Å². The van der Waals surface area contributed by atoms with Crippen LogP contribution in [0.4, 0.5) is 10.1 Å². The molecule has 3 aliphatic rings. The first-order valence-electron chi connectivity index (χ1n) is 10.4. The third kappa shape index (κ3) is 2.77. The molecule has 5 rings (SSSR count). The Labute approximate surface area is 180 Å². The maximum atomic E-state index is 13.7. The van der Waals surface area contributed by atoms with Gasteiger partial charge in [-0.1, -0.05) is 30.4 Å². The van der Waals surface area contributed by atoms with Crippen molar-refractivity contribution in [1.82, 2.24) is 4.90 Å². The number of likely N-dealkylation sites (tertiary alicyclic amines) is 1. The smallest absolute Gasteiger partial charge is 0.236 e. The fraction of sp³-hybridized carbons (Fsp3) is 0.320. The van der Waals surface area contributed by atoms with Crippen LogP contribution in [0, 0.1) is 17.7 Å². The molecule has 0 spiro atoms. The molecule has 0 unspecified atom stereocenters. The average molecular weight is 418 g/mol. The first-order chi connectivity index (χ1) is 14.7. The van der Waals surface area contributed by atoms with Crippen LogP contribution in [0.25, 0.3) is 6.08 Å². The van der Waals surface area contributed by atoms with E-state index in [0.717, 1.165) is 11.3 Å². The van der Waals surface area contributed by atoms with Gasteiger partial charge in [0, 0.05) is 16.8 Å². The van der Waals surface area contributed by atoms with E-state index >= 15 is 0 Å². The molecule has 0 aliphatic carbocycles. The molecule has 0 N–H and O–H groups in total. The SMILES string of the molecule is CC(C)(C)N1C(=O)[C@@H]2[C@@H](C1=O)[C@@H](C(=O)c1ccc(F)cc1)N1c3ccccc3C=C[C@H]21. The van der Waals surface area contributed by atoms with Crippen molar-refractivity contribution in [1.29, 1.82) is 0 Å². The number of rotatable bonds is 2. The second kappa shape index (κ2) is 6.61. The summed E-state index contributed by atoms with van der Waals surface area (Å²) in [7, 11) is 0. The zero-order valence-corrected chi connectivity index (χ0v) is 17.6. The van der Waals surface area contributed by atoms with Gasteiger partial charge in [-0.25, -0.2) is 4.39 Å². The molecule has 3 heterocycles. The molecule has 2 aromatic carbocycles. The maximum absolute atomic E-state index is 13.7. The highest BCUT2D eigenvalue weighted by Crippen LogP contribution is 2.50. The van der Waals surface area contributed by atoms with Crippen LogP contribution in [0.3, 0.4) is 0 Å². The van der Waals surface area contributed by atoms with E-state index in [2.05, 4.69) is 0 Å². The third-order valence-electron chi connectivity index (χ3n) is 6.48. The monoisotopic (exact) mass is 418 g/mol. The molecule has 5 nitrogen and oxygen atoms in total. The van der Waals surface area contributed by atoms with E-state index in [9.17, 15) is 18.8 Å². The number of anilines is 1. The summed E-state index contributed by atoms with van der Waals surface area (Å²) in [5.74, 6) is -2.69. The van der Waals surface area contributed by atoms with Gasteiger partial charge in [-0.05, 0) is 56.7 Å². The largest absolute Gasteiger partial charge is 0.352 e. The number of nitrogens with zero attached hydrogens (tertiary/aromatic N) is 2. The second-order valence-electron chi connectivity index (χ2n) is 9.37. The van der Waals surface area contributed by atoms with Gasteiger partial charge in [0.15, 0.2) is 5.78 Å². The van der Waals surface area contributed by atoms with Crippen molar-refractivity contribution in [3.63, 3.8) is 0 Å². The Morgan fingerprint density at radius 3 is 2.26 bits per heavy atom. The molecule has 0 saturated carbocycles. The van der Waals surface area contributed by atoms with Crippen molar-refractivity contribution >= 4 is 29.4 Å². The van der Waals surface area contributed by atoms with Crippen molar-refractivity contribution in [3.8, 4) is 0 Å². The lowest BCUT2D eigenvalue weighted by molar-refractivity contribution is -0.145. The fourth-order valence-electron chi connectivity index (χ4n) is 5.26. The molecule has 4 atom stereocenters. The summed E-state index contributed by atoms with van der Waals surface area (Å²) in [6.07, 6.45) is 3.88. The molecule has 158 valence electrons. The molecule has 31 heavy (non-hydrogen) atoms. The molecule has 0 aromatic heterocycles. The number of benzene rings is 2. The number of carbonyl (C=O) groups excluding carboxylic acids is 3. The van der Waals surface area contributed by atoms with Gasteiger partial charge in [0.05, 0.1) is 17.9 Å². The molecule has 0 bridgehead atoms. The van der Waals surface area contributed by atoms with Crippen molar-refractivity contribution in [3.05, 3.63) is 71.6 Å². The first-order valence-corrected chi connectivity index (χ1v) is 10.4. The number of carbonyl (C=O) groups is 3. The molecule has 2 fully saturated rings. The Kier molecular flexibility index (Phi) is 4.19. The Morgan fingerprint density at radius 2 is 1.58 bits per heavy atom. The number of para-hydroxylation sites is 1. The van der Waals surface area contributed by atoms with E-state index in [1.807, 2.05) is 62.1 Å². The van der Waals surface area contributed by atoms with Gasteiger partial charge in [-0.15, -0.1) is 0 Å². The minimum absolute atomic E-state index is 0.240. The van der Waals surface area contributed by atoms with E-state index in [1.165, 1.54) is 29.2 Å². The molecule has 2 amide bonds. The number of amides is 2. The maximum Gasteiger partial charge on any atom is 0.236 e. The summed E-state index contributed by atoms with van der Waals surface area (Å²) < 4.78 is 13.5. The predicted octanol–water partition coefficient (Wildman–Crippen LogP) is 3.69. The van der Waals surface area contributed by atoms with Crippen molar-refractivity contribution in [2.45, 2.75) is 38.4 Å². The van der Waals surface area contributed by atoms with Crippen LogP contribution in [0.2, 0.25) is 0 Å². The summed E-state index contributed by atoms with van der Waals surface area (Å²) in [5.41, 5.74) is 1.41. The van der Waals surface area contributed by atoms with Gasteiger partial charge in [0.2, 0.25) is 11.8 Å². The normalized spacial score (nSPS) is 26.7. The summed E-state index contributed by atoms with van der Waals surface area (Å²) in [5, 5.41) is 0. The van der Waals surface area contributed by atoms with Crippen LogP contribution < -0.4 is 4.90 Å². The van der Waals surface area contributed by atoms with Crippen LogP contribution in [0.5, 0.6) is 0 Å². The van der Waals surface area contributed by atoms with Crippen LogP contribution in [0.15, 0.2) is 54.6 Å². The predicted molar refractivity (Wildman–Crippen MR) is 115 cm³/mol. The van der Waals surface area contributed by atoms with E-state index in [4.69, 9.17) is 0 Å². The lowest BCUT2D eigenvalue weighted by Crippen LogP contribution is -2.52. The van der Waals surface area contributed by atoms with Crippen molar-refractivity contribution in [2.24, 2.45) is 11.8 Å². The Bertz CT molecular complexity index is 1130. The van der Waals surface area contributed by atoms with Gasteiger partial charge in [-0.3, -0.25) is 19.3 Å². The molecule has 2 saturated heterocycles. The molecular formula is C25H23FN2O3. The van der Waals surface area contributed by atoms with E-state index in [-0.39, 0.29) is 17.6 Å². The lowest BCUT2D eigenvalue weighted by Gasteiger charge is -2.38. The Morgan fingerprint density at radius 1 is 0.935 bits per heavy atom. The van der Waals surface area contributed by atoms with Gasteiger partial charge < -0.3 is 4.90 Å². The van der Waals surface area contributed by atoms with E-state index in [0.29, 0.717) is 5.56 Å². The number of hydrogen-bond acceptors (Lipinski definition) is 4. The standard InChI is InChI=1S/C25H23FN2O3/c1-25(2,3)28-23(30)19-18-13-10-14-6-4-5-7-17(14)27(18)21(20(19)24(28)31)22(29)15-8-11-16(26)12-9-15/h4-13,18-21H,1-3H3/t18-,19+,20-,21+/m1/s1. The van der Waals surface area contributed by atoms with Crippen molar-refractivity contribution in [2.75, 3.05) is 4.90 Å². The Balaban J connectivity index is 1.67. The van der Waals surface area contributed by atoms with Gasteiger partial charge in [0.25, 0.3) is 0 Å².